The first-order valence-corrected chi connectivity index (χ1v) is 6.76. The lowest BCUT2D eigenvalue weighted by Gasteiger charge is -2.25. The summed E-state index contributed by atoms with van der Waals surface area (Å²) in [6.45, 7) is 4.73. The van der Waals surface area contributed by atoms with E-state index >= 15 is 0 Å². The molecule has 1 aliphatic heterocycles. The van der Waals surface area contributed by atoms with Gasteiger partial charge in [-0.15, -0.1) is 0 Å². The molecule has 1 aromatic heterocycles. The van der Waals surface area contributed by atoms with Crippen LogP contribution in [0.2, 0.25) is 0 Å². The highest BCUT2D eigenvalue weighted by Gasteiger charge is 2.47. The maximum absolute atomic E-state index is 12.3. The molecule has 6 nitrogen and oxygen atoms in total. The van der Waals surface area contributed by atoms with Gasteiger partial charge in [0.2, 0.25) is 0 Å². The van der Waals surface area contributed by atoms with Crippen LogP contribution >= 0.6 is 0 Å². The number of hydrogen-bond acceptors (Lipinski definition) is 3. The van der Waals surface area contributed by atoms with Gasteiger partial charge in [0.1, 0.15) is 11.1 Å². The number of ether oxygens (including phenoxy) is 1. The minimum atomic E-state index is -1.07. The maximum Gasteiger partial charge on any atom is 0.313 e. The number of aliphatic carboxylic acids is 1. The molecular weight excluding hydrogens is 260 g/mol. The van der Waals surface area contributed by atoms with Crippen LogP contribution in [0.4, 0.5) is 0 Å². The molecule has 0 radical (unpaired) electrons. The standard InChI is InChI=1S/C14H20N2O4/c1-3-6-16-7-4-5-10(16)12(17)15-11-8-20-9-14(11,2)13(18)19/h4-5,7,11H,3,6,8-9H2,1-2H3,(H,15,17)(H,18,19). The van der Waals surface area contributed by atoms with Crippen LogP contribution < -0.4 is 5.32 Å². The number of rotatable bonds is 5. The normalized spacial score (nSPS) is 25.6. The third-order valence-electron chi connectivity index (χ3n) is 3.78. The third kappa shape index (κ3) is 2.56. The first kappa shape index (κ1) is 14.6. The van der Waals surface area contributed by atoms with Crippen LogP contribution in [-0.2, 0) is 16.1 Å². The molecule has 1 fully saturated rings. The second-order valence-electron chi connectivity index (χ2n) is 5.35. The molecule has 2 rings (SSSR count). The van der Waals surface area contributed by atoms with E-state index in [4.69, 9.17) is 4.74 Å². The molecule has 2 heterocycles. The molecule has 20 heavy (non-hydrogen) atoms. The average molecular weight is 280 g/mol. The van der Waals surface area contributed by atoms with Crippen LogP contribution in [0.15, 0.2) is 18.3 Å². The molecule has 2 atom stereocenters. The molecule has 1 amide bonds. The van der Waals surface area contributed by atoms with Crippen molar-refractivity contribution < 1.29 is 19.4 Å². The molecule has 0 spiro atoms. The molecule has 2 N–H and O–H groups in total. The van der Waals surface area contributed by atoms with Crippen LogP contribution in [0.25, 0.3) is 0 Å². The van der Waals surface area contributed by atoms with Gasteiger partial charge in [-0.1, -0.05) is 6.92 Å². The van der Waals surface area contributed by atoms with E-state index in [9.17, 15) is 14.7 Å². The number of nitrogens with zero attached hydrogens (tertiary/aromatic N) is 1. The van der Waals surface area contributed by atoms with Crippen molar-refractivity contribution in [1.29, 1.82) is 0 Å². The molecule has 1 saturated heterocycles. The van der Waals surface area contributed by atoms with Crippen molar-refractivity contribution in [2.75, 3.05) is 13.2 Å². The molecule has 0 aliphatic carbocycles. The Morgan fingerprint density at radius 1 is 1.60 bits per heavy atom. The summed E-state index contributed by atoms with van der Waals surface area (Å²) < 4.78 is 7.09. The number of aryl methyl sites for hydroxylation is 1. The second kappa shape index (κ2) is 5.66. The Kier molecular flexibility index (Phi) is 4.13. The fraction of sp³-hybridized carbons (Fsp3) is 0.571. The van der Waals surface area contributed by atoms with E-state index < -0.39 is 17.4 Å². The fourth-order valence-electron chi connectivity index (χ4n) is 2.37. The Morgan fingerprint density at radius 3 is 3.00 bits per heavy atom. The first-order chi connectivity index (χ1) is 9.49. The zero-order valence-electron chi connectivity index (χ0n) is 11.8. The lowest BCUT2D eigenvalue weighted by molar-refractivity contribution is -0.148. The van der Waals surface area contributed by atoms with Crippen molar-refractivity contribution in [3.63, 3.8) is 0 Å². The minimum absolute atomic E-state index is 0.114. The van der Waals surface area contributed by atoms with Crippen LogP contribution in [-0.4, -0.2) is 40.8 Å². The predicted molar refractivity (Wildman–Crippen MR) is 72.5 cm³/mol. The van der Waals surface area contributed by atoms with Gasteiger partial charge in [-0.05, 0) is 25.5 Å². The molecule has 1 aliphatic rings. The van der Waals surface area contributed by atoms with Gasteiger partial charge >= 0.3 is 5.97 Å². The molecule has 1 aromatic rings. The van der Waals surface area contributed by atoms with Gasteiger partial charge in [-0.3, -0.25) is 9.59 Å². The highest BCUT2D eigenvalue weighted by Crippen LogP contribution is 2.28. The van der Waals surface area contributed by atoms with Crippen molar-refractivity contribution in [1.82, 2.24) is 9.88 Å². The molecule has 2 unspecified atom stereocenters. The largest absolute Gasteiger partial charge is 0.481 e. The minimum Gasteiger partial charge on any atom is -0.481 e. The van der Waals surface area contributed by atoms with Gasteiger partial charge in [-0.2, -0.15) is 0 Å². The Bertz CT molecular complexity index is 511. The van der Waals surface area contributed by atoms with Gasteiger partial charge in [0.15, 0.2) is 0 Å². The van der Waals surface area contributed by atoms with Crippen LogP contribution in [0, 0.1) is 5.41 Å². The Morgan fingerprint density at radius 2 is 2.35 bits per heavy atom. The summed E-state index contributed by atoms with van der Waals surface area (Å²) in [5, 5.41) is 12.1. The summed E-state index contributed by atoms with van der Waals surface area (Å²) in [5.41, 5.74) is -0.524. The SMILES string of the molecule is CCCn1cccc1C(=O)NC1COCC1(C)C(=O)O. The van der Waals surface area contributed by atoms with E-state index in [-0.39, 0.29) is 19.1 Å². The zero-order valence-corrected chi connectivity index (χ0v) is 11.8. The van der Waals surface area contributed by atoms with Crippen molar-refractivity contribution in [3.05, 3.63) is 24.0 Å². The molecule has 6 heteroatoms. The van der Waals surface area contributed by atoms with Crippen molar-refractivity contribution in [2.45, 2.75) is 32.9 Å². The number of hydrogen-bond donors (Lipinski definition) is 2. The van der Waals surface area contributed by atoms with Crippen molar-refractivity contribution in [2.24, 2.45) is 5.41 Å². The van der Waals surface area contributed by atoms with E-state index in [0.717, 1.165) is 13.0 Å². The molecular formula is C14H20N2O4. The number of aromatic nitrogens is 1. The maximum atomic E-state index is 12.3. The Labute approximate surface area is 117 Å². The molecule has 110 valence electrons. The highest BCUT2D eigenvalue weighted by atomic mass is 16.5. The molecule has 0 bridgehead atoms. The van der Waals surface area contributed by atoms with E-state index in [1.54, 1.807) is 13.0 Å². The smallest absolute Gasteiger partial charge is 0.313 e. The van der Waals surface area contributed by atoms with Gasteiger partial charge in [0.05, 0.1) is 19.3 Å². The number of carboxylic acid groups (broad SMARTS) is 1. The Hall–Kier alpha value is -1.82. The predicted octanol–water partition coefficient (Wildman–Crippen LogP) is 1.12. The summed E-state index contributed by atoms with van der Waals surface area (Å²) in [6, 6.07) is 3.03. The third-order valence-corrected chi connectivity index (χ3v) is 3.78. The van der Waals surface area contributed by atoms with E-state index in [2.05, 4.69) is 5.32 Å². The summed E-state index contributed by atoms with van der Waals surface area (Å²) >= 11 is 0. The van der Waals surface area contributed by atoms with Gasteiger partial charge in [-0.25, -0.2) is 0 Å². The summed E-state index contributed by atoms with van der Waals surface area (Å²) in [7, 11) is 0. The van der Waals surface area contributed by atoms with Crippen LogP contribution in [0.3, 0.4) is 0 Å². The van der Waals surface area contributed by atoms with E-state index in [1.807, 2.05) is 23.8 Å². The van der Waals surface area contributed by atoms with Gasteiger partial charge < -0.3 is 19.7 Å². The summed E-state index contributed by atoms with van der Waals surface area (Å²) in [6.07, 6.45) is 2.77. The lowest BCUT2D eigenvalue weighted by Crippen LogP contribution is -2.50. The number of nitrogens with one attached hydrogen (secondary N) is 1. The number of carbonyl (C=O) groups excluding carboxylic acids is 1. The van der Waals surface area contributed by atoms with Gasteiger partial charge in [0, 0.05) is 12.7 Å². The summed E-state index contributed by atoms with van der Waals surface area (Å²) in [5.74, 6) is -1.21. The fourth-order valence-corrected chi connectivity index (χ4v) is 2.37. The average Bonchev–Trinajstić information content (AvgIpc) is 2.98. The molecule has 0 saturated carbocycles. The zero-order chi connectivity index (χ0) is 14.8. The lowest BCUT2D eigenvalue weighted by atomic mass is 9.85. The second-order valence-corrected chi connectivity index (χ2v) is 5.35. The number of carboxylic acids is 1. The molecule has 0 aromatic carbocycles. The Balaban J connectivity index is 2.11. The highest BCUT2D eigenvalue weighted by molar-refractivity contribution is 5.93. The van der Waals surface area contributed by atoms with E-state index in [0.29, 0.717) is 5.69 Å². The first-order valence-electron chi connectivity index (χ1n) is 6.76. The van der Waals surface area contributed by atoms with Crippen molar-refractivity contribution in [3.8, 4) is 0 Å². The quantitative estimate of drug-likeness (QED) is 0.847. The number of amides is 1. The van der Waals surface area contributed by atoms with Crippen LogP contribution in [0.1, 0.15) is 30.8 Å². The summed E-state index contributed by atoms with van der Waals surface area (Å²) in [4.78, 5) is 23.6. The number of carbonyl (C=O) groups is 2. The van der Waals surface area contributed by atoms with E-state index in [1.165, 1.54) is 0 Å². The van der Waals surface area contributed by atoms with Crippen LogP contribution in [0.5, 0.6) is 0 Å². The topological polar surface area (TPSA) is 80.6 Å². The monoisotopic (exact) mass is 280 g/mol. The van der Waals surface area contributed by atoms with Gasteiger partial charge in [0.25, 0.3) is 5.91 Å². The van der Waals surface area contributed by atoms with Crippen molar-refractivity contribution >= 4 is 11.9 Å².